The van der Waals surface area contributed by atoms with Crippen molar-refractivity contribution in [2.24, 2.45) is 5.73 Å². The van der Waals surface area contributed by atoms with Gasteiger partial charge in [0.15, 0.2) is 0 Å². The van der Waals surface area contributed by atoms with Gasteiger partial charge in [0.2, 0.25) is 0 Å². The molecular weight excluding hydrogens is 154 g/mol. The van der Waals surface area contributed by atoms with E-state index in [1.54, 1.807) is 0 Å². The molecule has 1 aromatic heterocycles. The molecular formula is C9H15NS. The van der Waals surface area contributed by atoms with Crippen LogP contribution in [0.2, 0.25) is 0 Å². The molecule has 0 aliphatic rings. The highest BCUT2D eigenvalue weighted by molar-refractivity contribution is 7.12. The van der Waals surface area contributed by atoms with Crippen LogP contribution in [-0.2, 0) is 6.42 Å². The Labute approximate surface area is 72.2 Å². The summed E-state index contributed by atoms with van der Waals surface area (Å²) in [7, 11) is 0. The number of nitrogens with two attached hydrogens (primary N) is 1. The van der Waals surface area contributed by atoms with Crippen LogP contribution in [0.3, 0.4) is 0 Å². The molecule has 0 aromatic carbocycles. The Kier molecular flexibility index (Phi) is 3.09. The third kappa shape index (κ3) is 2.31. The van der Waals surface area contributed by atoms with Crippen molar-refractivity contribution in [3.63, 3.8) is 0 Å². The number of thiophene rings is 1. The Morgan fingerprint density at radius 2 is 2.18 bits per heavy atom. The standard InChI is InChI=1S/C9H15NS/c1-7-6-9(4-3-5-10)11-8(7)2/h6H,3-5,10H2,1-2H3. The number of rotatable bonds is 3. The first kappa shape index (κ1) is 8.75. The largest absolute Gasteiger partial charge is 0.330 e. The van der Waals surface area contributed by atoms with Crippen LogP contribution in [0.15, 0.2) is 6.07 Å². The molecule has 0 amide bonds. The van der Waals surface area contributed by atoms with Crippen LogP contribution < -0.4 is 5.73 Å². The van der Waals surface area contributed by atoms with E-state index in [-0.39, 0.29) is 0 Å². The number of hydrogen-bond donors (Lipinski definition) is 1. The molecule has 2 N–H and O–H groups in total. The molecule has 0 fully saturated rings. The van der Waals surface area contributed by atoms with Gasteiger partial charge in [0.05, 0.1) is 0 Å². The molecule has 0 aliphatic carbocycles. The molecule has 0 unspecified atom stereocenters. The summed E-state index contributed by atoms with van der Waals surface area (Å²) in [5.41, 5.74) is 6.84. The van der Waals surface area contributed by atoms with Gasteiger partial charge < -0.3 is 5.73 Å². The highest BCUT2D eigenvalue weighted by atomic mass is 32.1. The van der Waals surface area contributed by atoms with Crippen LogP contribution in [0, 0.1) is 13.8 Å². The van der Waals surface area contributed by atoms with Gasteiger partial charge in [0.1, 0.15) is 0 Å². The molecule has 0 saturated heterocycles. The maximum Gasteiger partial charge on any atom is 0.00512 e. The summed E-state index contributed by atoms with van der Waals surface area (Å²) < 4.78 is 0. The lowest BCUT2D eigenvalue weighted by molar-refractivity contribution is 0.843. The third-order valence-electron chi connectivity index (χ3n) is 1.84. The quantitative estimate of drug-likeness (QED) is 0.738. The van der Waals surface area contributed by atoms with Crippen LogP contribution in [-0.4, -0.2) is 6.54 Å². The molecule has 0 saturated carbocycles. The van der Waals surface area contributed by atoms with Gasteiger partial charge in [-0.1, -0.05) is 0 Å². The molecule has 1 nitrogen and oxygen atoms in total. The van der Waals surface area contributed by atoms with Gasteiger partial charge in [0, 0.05) is 9.75 Å². The molecule has 0 bridgehead atoms. The summed E-state index contributed by atoms with van der Waals surface area (Å²) in [6, 6.07) is 2.27. The highest BCUT2D eigenvalue weighted by Gasteiger charge is 1.99. The Morgan fingerprint density at radius 3 is 2.64 bits per heavy atom. The minimum absolute atomic E-state index is 0.802. The normalized spacial score (nSPS) is 10.5. The first-order valence-corrected chi connectivity index (χ1v) is 4.81. The van der Waals surface area contributed by atoms with E-state index in [0.717, 1.165) is 19.4 Å². The molecule has 1 rings (SSSR count). The van der Waals surface area contributed by atoms with E-state index >= 15 is 0 Å². The highest BCUT2D eigenvalue weighted by Crippen LogP contribution is 2.21. The topological polar surface area (TPSA) is 26.0 Å². The average Bonchev–Trinajstić information content (AvgIpc) is 2.28. The predicted molar refractivity (Wildman–Crippen MR) is 51.2 cm³/mol. The van der Waals surface area contributed by atoms with Crippen LogP contribution >= 0.6 is 11.3 Å². The molecule has 0 atom stereocenters. The summed E-state index contributed by atoms with van der Waals surface area (Å²) >= 11 is 1.90. The number of aryl methyl sites for hydroxylation is 3. The van der Waals surface area contributed by atoms with Crippen LogP contribution in [0.4, 0.5) is 0 Å². The van der Waals surface area contributed by atoms with Crippen LogP contribution in [0.5, 0.6) is 0 Å². The summed E-state index contributed by atoms with van der Waals surface area (Å²) in [5, 5.41) is 0. The lowest BCUT2D eigenvalue weighted by Crippen LogP contribution is -1.99. The van der Waals surface area contributed by atoms with E-state index in [1.165, 1.54) is 15.3 Å². The second-order valence-corrected chi connectivity index (χ2v) is 4.19. The van der Waals surface area contributed by atoms with Gasteiger partial charge in [-0.2, -0.15) is 0 Å². The van der Waals surface area contributed by atoms with Gasteiger partial charge in [-0.3, -0.25) is 0 Å². The zero-order chi connectivity index (χ0) is 8.27. The van der Waals surface area contributed by atoms with Gasteiger partial charge in [0.25, 0.3) is 0 Å². The zero-order valence-electron chi connectivity index (χ0n) is 7.18. The fraction of sp³-hybridized carbons (Fsp3) is 0.556. The molecule has 62 valence electrons. The maximum atomic E-state index is 5.43. The Bertz CT molecular complexity index is 208. The SMILES string of the molecule is Cc1cc(CCCN)sc1C. The number of hydrogen-bond acceptors (Lipinski definition) is 2. The van der Waals surface area contributed by atoms with Crippen molar-refractivity contribution >= 4 is 11.3 Å². The van der Waals surface area contributed by atoms with E-state index in [4.69, 9.17) is 5.73 Å². The lowest BCUT2D eigenvalue weighted by Gasteiger charge is -1.91. The first-order valence-electron chi connectivity index (χ1n) is 4.00. The summed E-state index contributed by atoms with van der Waals surface area (Å²) in [6.07, 6.45) is 2.26. The smallest absolute Gasteiger partial charge is 0.00512 e. The average molecular weight is 169 g/mol. The molecule has 0 spiro atoms. The summed E-state index contributed by atoms with van der Waals surface area (Å²) in [6.45, 7) is 5.14. The molecule has 11 heavy (non-hydrogen) atoms. The molecule has 0 aliphatic heterocycles. The van der Waals surface area contributed by atoms with Crippen LogP contribution in [0.25, 0.3) is 0 Å². The van der Waals surface area contributed by atoms with Crippen molar-refractivity contribution < 1.29 is 0 Å². The Balaban J connectivity index is 2.58. The summed E-state index contributed by atoms with van der Waals surface area (Å²) in [4.78, 5) is 2.92. The van der Waals surface area contributed by atoms with E-state index in [2.05, 4.69) is 19.9 Å². The van der Waals surface area contributed by atoms with Gasteiger partial charge in [-0.15, -0.1) is 11.3 Å². The molecule has 0 radical (unpaired) electrons. The first-order chi connectivity index (χ1) is 5.24. The minimum atomic E-state index is 0.802. The van der Waals surface area contributed by atoms with Crippen molar-refractivity contribution in [1.29, 1.82) is 0 Å². The van der Waals surface area contributed by atoms with Gasteiger partial charge in [-0.05, 0) is 44.9 Å². The second kappa shape index (κ2) is 3.88. The Morgan fingerprint density at radius 1 is 1.45 bits per heavy atom. The second-order valence-electron chi connectivity index (χ2n) is 2.84. The lowest BCUT2D eigenvalue weighted by atomic mass is 10.2. The minimum Gasteiger partial charge on any atom is -0.330 e. The predicted octanol–water partition coefficient (Wildman–Crippen LogP) is 2.26. The van der Waals surface area contributed by atoms with E-state index in [0.29, 0.717) is 0 Å². The zero-order valence-corrected chi connectivity index (χ0v) is 8.00. The fourth-order valence-corrected chi connectivity index (χ4v) is 2.14. The Hall–Kier alpha value is -0.340. The van der Waals surface area contributed by atoms with Crippen LogP contribution in [0.1, 0.15) is 21.7 Å². The fourth-order valence-electron chi connectivity index (χ4n) is 1.05. The van der Waals surface area contributed by atoms with Gasteiger partial charge in [-0.25, -0.2) is 0 Å². The van der Waals surface area contributed by atoms with Crippen molar-refractivity contribution in [2.45, 2.75) is 26.7 Å². The summed E-state index contributed by atoms with van der Waals surface area (Å²) in [5.74, 6) is 0. The molecule has 1 aromatic rings. The molecule has 2 heteroatoms. The van der Waals surface area contributed by atoms with Crippen molar-refractivity contribution in [3.8, 4) is 0 Å². The van der Waals surface area contributed by atoms with E-state index in [9.17, 15) is 0 Å². The monoisotopic (exact) mass is 169 g/mol. The third-order valence-corrected chi connectivity index (χ3v) is 3.06. The van der Waals surface area contributed by atoms with Crippen molar-refractivity contribution in [2.75, 3.05) is 6.54 Å². The maximum absolute atomic E-state index is 5.43. The van der Waals surface area contributed by atoms with Crippen molar-refractivity contribution in [1.82, 2.24) is 0 Å². The van der Waals surface area contributed by atoms with Crippen molar-refractivity contribution in [3.05, 3.63) is 21.4 Å². The van der Waals surface area contributed by atoms with E-state index in [1.807, 2.05) is 11.3 Å². The molecule has 1 heterocycles. The van der Waals surface area contributed by atoms with Gasteiger partial charge >= 0.3 is 0 Å². The van der Waals surface area contributed by atoms with E-state index < -0.39 is 0 Å².